The fraction of sp³-hybridized carbons (Fsp3) is 0.917. The highest BCUT2D eigenvalue weighted by atomic mass is 16.5. The number of rotatable bonds is 7. The zero-order valence-corrected chi connectivity index (χ0v) is 27.8. The monoisotopic (exact) mass is 585 g/mol. The van der Waals surface area contributed by atoms with E-state index in [1.807, 2.05) is 6.92 Å². The summed E-state index contributed by atoms with van der Waals surface area (Å²) in [7, 11) is 0. The van der Waals surface area contributed by atoms with Gasteiger partial charge < -0.3 is 15.2 Å². The predicted molar refractivity (Wildman–Crippen MR) is 164 cm³/mol. The number of fused-ring (bicyclic) bond motifs is 7. The summed E-state index contributed by atoms with van der Waals surface area (Å²) in [6.07, 6.45) is 12.0. The number of nitrogens with one attached hydrogen (secondary N) is 1. The Morgan fingerprint density at radius 3 is 2.21 bits per heavy atom. The van der Waals surface area contributed by atoms with Gasteiger partial charge >= 0.3 is 11.9 Å². The normalized spacial score (nSPS) is 45.6. The van der Waals surface area contributed by atoms with Crippen molar-refractivity contribution in [2.75, 3.05) is 6.54 Å². The van der Waals surface area contributed by atoms with Crippen molar-refractivity contribution >= 4 is 17.8 Å². The molecule has 0 aliphatic heterocycles. The largest absolute Gasteiger partial charge is 0.480 e. The van der Waals surface area contributed by atoms with Crippen LogP contribution in [0, 0.1) is 62.6 Å². The molecular weight excluding hydrogens is 526 g/mol. The summed E-state index contributed by atoms with van der Waals surface area (Å²) in [6.45, 7) is 18.9. The third-order valence-electron chi connectivity index (χ3n) is 14.9. The molecule has 5 rings (SSSR count). The maximum absolute atomic E-state index is 13.9. The second-order valence-corrected chi connectivity index (χ2v) is 17.0. The third kappa shape index (κ3) is 4.49. The van der Waals surface area contributed by atoms with Gasteiger partial charge in [-0.2, -0.15) is 0 Å². The maximum atomic E-state index is 13.9. The van der Waals surface area contributed by atoms with Crippen molar-refractivity contribution in [3.8, 4) is 0 Å². The van der Waals surface area contributed by atoms with E-state index in [4.69, 9.17) is 4.74 Å². The van der Waals surface area contributed by atoms with Crippen molar-refractivity contribution in [1.29, 1.82) is 0 Å². The van der Waals surface area contributed by atoms with Crippen molar-refractivity contribution in [3.05, 3.63) is 0 Å². The lowest BCUT2D eigenvalue weighted by atomic mass is 9.32. The van der Waals surface area contributed by atoms with E-state index in [-0.39, 0.29) is 46.2 Å². The van der Waals surface area contributed by atoms with E-state index in [2.05, 4.69) is 53.8 Å². The molecule has 0 aromatic rings. The van der Waals surface area contributed by atoms with E-state index in [0.717, 1.165) is 51.4 Å². The fourth-order valence-electron chi connectivity index (χ4n) is 12.7. The van der Waals surface area contributed by atoms with Gasteiger partial charge in [-0.15, -0.1) is 0 Å². The number of carboxylic acids is 1. The molecule has 0 unspecified atom stereocenters. The number of hydrogen-bond donors (Lipinski definition) is 2. The van der Waals surface area contributed by atoms with Gasteiger partial charge in [-0.3, -0.25) is 14.4 Å². The van der Waals surface area contributed by atoms with E-state index in [0.29, 0.717) is 41.9 Å². The van der Waals surface area contributed by atoms with Crippen LogP contribution in [-0.4, -0.2) is 35.6 Å². The lowest BCUT2D eigenvalue weighted by molar-refractivity contribution is -0.250. The van der Waals surface area contributed by atoms with Crippen molar-refractivity contribution in [2.45, 2.75) is 139 Å². The van der Waals surface area contributed by atoms with Gasteiger partial charge in [0.05, 0.1) is 5.41 Å². The molecule has 6 heteroatoms. The minimum absolute atomic E-state index is 0.000684. The summed E-state index contributed by atoms with van der Waals surface area (Å²) >= 11 is 0. The topological polar surface area (TPSA) is 92.7 Å². The molecule has 5 aliphatic carbocycles. The Labute approximate surface area is 254 Å². The molecule has 1 amide bonds. The number of esters is 1. The van der Waals surface area contributed by atoms with Crippen LogP contribution in [0.2, 0.25) is 0 Å². The number of amides is 1. The fourth-order valence-corrected chi connectivity index (χ4v) is 12.7. The Balaban J connectivity index is 1.46. The van der Waals surface area contributed by atoms with Crippen LogP contribution in [0.1, 0.15) is 132 Å². The number of hydrogen-bond acceptors (Lipinski definition) is 4. The standard InChI is InChI=1S/C36H59NO5/c1-9-10-29(40)42-27-15-16-33(6)25(32(27,4)5)14-17-35(8)26(33)12-11-24-30-23(22(2)3)13-18-36(30,20-19-34(24,35)7)31(41)37-21-28(38)39/h22-27,30H,9-21H2,1-8H3,(H,37,41)(H,38,39)/t23-,24+,25-,26+,27-,30+,33-,34+,35+,36-/m0/s1. The molecule has 0 spiro atoms. The molecule has 10 atom stereocenters. The van der Waals surface area contributed by atoms with Gasteiger partial charge in [0, 0.05) is 11.8 Å². The lowest BCUT2D eigenvalue weighted by Gasteiger charge is -2.73. The molecule has 0 aromatic heterocycles. The molecule has 2 N–H and O–H groups in total. The van der Waals surface area contributed by atoms with Crippen LogP contribution >= 0.6 is 0 Å². The summed E-state index contributed by atoms with van der Waals surface area (Å²) < 4.78 is 6.14. The van der Waals surface area contributed by atoms with Crippen LogP contribution in [0.4, 0.5) is 0 Å². The van der Waals surface area contributed by atoms with Crippen LogP contribution in [-0.2, 0) is 19.1 Å². The molecule has 0 saturated heterocycles. The summed E-state index contributed by atoms with van der Waals surface area (Å²) in [5, 5.41) is 12.2. The highest BCUT2D eigenvalue weighted by molar-refractivity contribution is 5.86. The molecule has 6 nitrogen and oxygen atoms in total. The Morgan fingerprint density at radius 1 is 0.857 bits per heavy atom. The number of carbonyl (C=O) groups excluding carboxylic acids is 2. The summed E-state index contributed by atoms with van der Waals surface area (Å²) in [5.41, 5.74) is 0.0710. The molecule has 5 fully saturated rings. The molecule has 0 radical (unpaired) electrons. The molecule has 0 heterocycles. The van der Waals surface area contributed by atoms with Crippen LogP contribution in [0.5, 0.6) is 0 Å². The molecule has 0 bridgehead atoms. The Morgan fingerprint density at radius 2 is 1.57 bits per heavy atom. The Bertz CT molecular complexity index is 1080. The predicted octanol–water partition coefficient (Wildman–Crippen LogP) is 7.64. The zero-order valence-electron chi connectivity index (χ0n) is 27.8. The van der Waals surface area contributed by atoms with Crippen molar-refractivity contribution in [1.82, 2.24) is 5.32 Å². The quantitative estimate of drug-likeness (QED) is 0.300. The number of carbonyl (C=O) groups is 3. The first-order valence-corrected chi connectivity index (χ1v) is 17.3. The van der Waals surface area contributed by atoms with Crippen LogP contribution in [0.15, 0.2) is 0 Å². The maximum Gasteiger partial charge on any atom is 0.322 e. The van der Waals surface area contributed by atoms with Gasteiger partial charge in [0.25, 0.3) is 0 Å². The van der Waals surface area contributed by atoms with Crippen LogP contribution < -0.4 is 5.32 Å². The first kappa shape index (κ1) is 31.8. The average molecular weight is 586 g/mol. The Kier molecular flexibility index (Phi) is 8.17. The van der Waals surface area contributed by atoms with Gasteiger partial charge in [-0.1, -0.05) is 55.4 Å². The second kappa shape index (κ2) is 10.8. The highest BCUT2D eigenvalue weighted by Gasteiger charge is 2.72. The van der Waals surface area contributed by atoms with E-state index in [1.165, 1.54) is 19.3 Å². The molecule has 0 aromatic carbocycles. The summed E-state index contributed by atoms with van der Waals surface area (Å²) in [4.78, 5) is 37.8. The van der Waals surface area contributed by atoms with Crippen molar-refractivity contribution < 1.29 is 24.2 Å². The molecule has 5 aliphatic rings. The Hall–Kier alpha value is -1.59. The number of carboxylic acid groups (broad SMARTS) is 1. The van der Waals surface area contributed by atoms with Crippen molar-refractivity contribution in [2.24, 2.45) is 62.6 Å². The highest BCUT2D eigenvalue weighted by Crippen LogP contribution is 2.77. The lowest BCUT2D eigenvalue weighted by Crippen LogP contribution is -2.67. The number of ether oxygens (including phenoxy) is 1. The van der Waals surface area contributed by atoms with E-state index >= 15 is 0 Å². The van der Waals surface area contributed by atoms with Gasteiger partial charge in [-0.25, -0.2) is 0 Å². The van der Waals surface area contributed by atoms with Crippen LogP contribution in [0.3, 0.4) is 0 Å². The average Bonchev–Trinajstić information content (AvgIpc) is 3.31. The van der Waals surface area contributed by atoms with E-state index < -0.39 is 11.4 Å². The smallest absolute Gasteiger partial charge is 0.322 e. The first-order chi connectivity index (χ1) is 19.6. The van der Waals surface area contributed by atoms with E-state index in [9.17, 15) is 19.5 Å². The minimum atomic E-state index is -0.967. The SMILES string of the molecule is CCCC(=O)O[C@H]1CC[C@]2(C)[C@H]3CC[C@@H]4[C@H]5[C@H](C(C)C)CC[C@]5(C(=O)NCC(=O)O)CC[C@@]4(C)[C@]3(C)CC[C@H]2C1(C)C. The third-order valence-corrected chi connectivity index (χ3v) is 14.9. The van der Waals surface area contributed by atoms with Gasteiger partial charge in [0.15, 0.2) is 0 Å². The molecule has 5 saturated carbocycles. The molecular formula is C36H59NO5. The van der Waals surface area contributed by atoms with E-state index in [1.54, 1.807) is 0 Å². The second-order valence-electron chi connectivity index (χ2n) is 17.0. The first-order valence-electron chi connectivity index (χ1n) is 17.3. The molecule has 238 valence electrons. The van der Waals surface area contributed by atoms with Crippen LogP contribution in [0.25, 0.3) is 0 Å². The molecule has 42 heavy (non-hydrogen) atoms. The summed E-state index contributed by atoms with van der Waals surface area (Å²) in [6, 6.07) is 0. The number of aliphatic carboxylic acids is 1. The summed E-state index contributed by atoms with van der Waals surface area (Å²) in [5.74, 6) is 1.95. The van der Waals surface area contributed by atoms with Gasteiger partial charge in [0.1, 0.15) is 12.6 Å². The minimum Gasteiger partial charge on any atom is -0.480 e. The van der Waals surface area contributed by atoms with Gasteiger partial charge in [-0.05, 0) is 122 Å². The van der Waals surface area contributed by atoms with Crippen molar-refractivity contribution in [3.63, 3.8) is 0 Å². The zero-order chi connectivity index (χ0) is 30.9. The van der Waals surface area contributed by atoms with Gasteiger partial charge in [0.2, 0.25) is 5.91 Å².